The van der Waals surface area contributed by atoms with Crippen molar-refractivity contribution < 1.29 is 4.74 Å². The smallest absolute Gasteiger partial charge is 0.111 e. The van der Waals surface area contributed by atoms with Crippen LogP contribution in [-0.2, 0) is 4.74 Å². The molecule has 0 rings (SSSR count). The van der Waals surface area contributed by atoms with Crippen LogP contribution in [0.2, 0.25) is 0 Å². The first-order chi connectivity index (χ1) is 8.17. The van der Waals surface area contributed by atoms with Gasteiger partial charge in [-0.15, -0.1) is 0 Å². The summed E-state index contributed by atoms with van der Waals surface area (Å²) < 4.78 is 5.40. The number of ether oxygens (including phenoxy) is 1. The van der Waals surface area contributed by atoms with Crippen molar-refractivity contribution in [3.05, 3.63) is 49.3 Å². The van der Waals surface area contributed by atoms with Crippen LogP contribution >= 0.6 is 0 Å². The zero-order valence-electron chi connectivity index (χ0n) is 10.6. The van der Waals surface area contributed by atoms with Crippen molar-refractivity contribution in [3.63, 3.8) is 0 Å². The molecule has 0 radical (unpaired) electrons. The van der Waals surface area contributed by atoms with E-state index in [1.54, 1.807) is 6.08 Å². The molecule has 0 aromatic heterocycles. The van der Waals surface area contributed by atoms with E-state index in [9.17, 15) is 0 Å². The van der Waals surface area contributed by atoms with Crippen LogP contribution in [0.25, 0.3) is 0 Å². The molecule has 0 N–H and O–H groups in total. The Labute approximate surface area is 105 Å². The Morgan fingerprint density at radius 1 is 1.41 bits per heavy atom. The molecule has 0 aliphatic rings. The van der Waals surface area contributed by atoms with Gasteiger partial charge < -0.3 is 4.74 Å². The maximum atomic E-state index is 8.76. The molecule has 0 saturated heterocycles. The number of nitriles is 1. The fourth-order valence-electron chi connectivity index (χ4n) is 1.39. The van der Waals surface area contributed by atoms with Gasteiger partial charge in [0, 0.05) is 12.3 Å². The van der Waals surface area contributed by atoms with Gasteiger partial charge in [-0.05, 0) is 25.8 Å². The quantitative estimate of drug-likeness (QED) is 0.441. The van der Waals surface area contributed by atoms with E-state index in [1.165, 1.54) is 5.57 Å². The number of allylic oxidation sites excluding steroid dienone is 4. The van der Waals surface area contributed by atoms with E-state index in [0.717, 1.165) is 12.8 Å². The van der Waals surface area contributed by atoms with Crippen LogP contribution in [0.4, 0.5) is 0 Å². The number of hydrogen-bond acceptors (Lipinski definition) is 2. The molecule has 1 atom stereocenters. The second-order valence-corrected chi connectivity index (χ2v) is 3.82. The standard InChI is InChI=1S/C15H21NO/c1-5-13(4)17-12-15(10-11-16)9-8-14(6-2)7-3/h5-7,15H,1-2,4,8-10,12H2,3H3/b14-7-. The van der Waals surface area contributed by atoms with Gasteiger partial charge in [0.25, 0.3) is 0 Å². The summed E-state index contributed by atoms with van der Waals surface area (Å²) in [5.41, 5.74) is 1.20. The predicted octanol–water partition coefficient (Wildman–Crippen LogP) is 4.15. The van der Waals surface area contributed by atoms with Crippen LogP contribution in [-0.4, -0.2) is 6.61 Å². The minimum atomic E-state index is 0.228. The van der Waals surface area contributed by atoms with Gasteiger partial charge in [0.15, 0.2) is 0 Å². The Balaban J connectivity index is 4.15. The summed E-state index contributed by atoms with van der Waals surface area (Å²) in [6.45, 7) is 13.5. The predicted molar refractivity (Wildman–Crippen MR) is 72.2 cm³/mol. The molecule has 0 aromatic rings. The Kier molecular flexibility index (Phi) is 8.50. The molecule has 92 valence electrons. The Hall–Kier alpha value is -1.75. The van der Waals surface area contributed by atoms with Gasteiger partial charge in [0.05, 0.1) is 12.7 Å². The van der Waals surface area contributed by atoms with Gasteiger partial charge in [-0.3, -0.25) is 0 Å². The molecule has 0 spiro atoms. The van der Waals surface area contributed by atoms with Crippen molar-refractivity contribution >= 4 is 0 Å². The van der Waals surface area contributed by atoms with E-state index in [1.807, 2.05) is 19.1 Å². The lowest BCUT2D eigenvalue weighted by Crippen LogP contribution is -2.09. The lowest BCUT2D eigenvalue weighted by Gasteiger charge is -2.15. The third-order valence-electron chi connectivity index (χ3n) is 2.59. The lowest BCUT2D eigenvalue weighted by molar-refractivity contribution is 0.172. The average molecular weight is 231 g/mol. The van der Waals surface area contributed by atoms with Crippen LogP contribution in [0.15, 0.2) is 49.3 Å². The Morgan fingerprint density at radius 2 is 2.12 bits per heavy atom. The summed E-state index contributed by atoms with van der Waals surface area (Å²) in [5, 5.41) is 8.76. The van der Waals surface area contributed by atoms with Crippen molar-refractivity contribution in [2.45, 2.75) is 26.2 Å². The summed E-state index contributed by atoms with van der Waals surface area (Å²) in [6, 6.07) is 2.19. The lowest BCUT2D eigenvalue weighted by atomic mass is 9.97. The van der Waals surface area contributed by atoms with Gasteiger partial charge in [0.2, 0.25) is 0 Å². The van der Waals surface area contributed by atoms with Gasteiger partial charge in [-0.2, -0.15) is 5.26 Å². The fourth-order valence-corrected chi connectivity index (χ4v) is 1.39. The van der Waals surface area contributed by atoms with E-state index in [-0.39, 0.29) is 5.92 Å². The highest BCUT2D eigenvalue weighted by molar-refractivity contribution is 5.14. The molecular formula is C15H21NO. The van der Waals surface area contributed by atoms with Crippen molar-refractivity contribution in [3.8, 4) is 6.07 Å². The van der Waals surface area contributed by atoms with Crippen molar-refractivity contribution in [1.82, 2.24) is 0 Å². The van der Waals surface area contributed by atoms with E-state index in [0.29, 0.717) is 18.8 Å². The van der Waals surface area contributed by atoms with Gasteiger partial charge in [-0.25, -0.2) is 0 Å². The number of nitrogens with zero attached hydrogens (tertiary/aromatic N) is 1. The molecule has 0 amide bonds. The summed E-state index contributed by atoms with van der Waals surface area (Å²) in [5.74, 6) is 0.787. The van der Waals surface area contributed by atoms with E-state index in [2.05, 4.69) is 25.8 Å². The topological polar surface area (TPSA) is 33.0 Å². The molecule has 0 aliphatic carbocycles. The molecule has 0 fully saturated rings. The second kappa shape index (κ2) is 9.47. The average Bonchev–Trinajstić information content (AvgIpc) is 2.36. The molecule has 0 heterocycles. The third-order valence-corrected chi connectivity index (χ3v) is 2.59. The summed E-state index contributed by atoms with van der Waals surface area (Å²) in [6.07, 6.45) is 7.82. The Bertz CT molecular complexity index is 333. The molecule has 17 heavy (non-hydrogen) atoms. The highest BCUT2D eigenvalue weighted by atomic mass is 16.5. The van der Waals surface area contributed by atoms with E-state index < -0.39 is 0 Å². The third kappa shape index (κ3) is 7.19. The highest BCUT2D eigenvalue weighted by Crippen LogP contribution is 2.17. The van der Waals surface area contributed by atoms with Crippen molar-refractivity contribution in [2.24, 2.45) is 5.92 Å². The Morgan fingerprint density at radius 3 is 2.59 bits per heavy atom. The monoisotopic (exact) mass is 231 g/mol. The maximum absolute atomic E-state index is 8.76. The van der Waals surface area contributed by atoms with Gasteiger partial charge >= 0.3 is 0 Å². The van der Waals surface area contributed by atoms with E-state index >= 15 is 0 Å². The largest absolute Gasteiger partial charge is 0.494 e. The van der Waals surface area contributed by atoms with Gasteiger partial charge in [0.1, 0.15) is 5.76 Å². The first-order valence-corrected chi connectivity index (χ1v) is 5.76. The molecule has 0 aromatic carbocycles. The van der Waals surface area contributed by atoms with Crippen LogP contribution < -0.4 is 0 Å². The summed E-state index contributed by atoms with van der Waals surface area (Å²) in [7, 11) is 0. The zero-order valence-corrected chi connectivity index (χ0v) is 10.6. The fraction of sp³-hybridized carbons (Fsp3) is 0.400. The van der Waals surface area contributed by atoms with E-state index in [4.69, 9.17) is 10.00 Å². The molecule has 2 heteroatoms. The van der Waals surface area contributed by atoms with Crippen LogP contribution in [0.1, 0.15) is 26.2 Å². The molecule has 0 aliphatic heterocycles. The van der Waals surface area contributed by atoms with Crippen molar-refractivity contribution in [2.75, 3.05) is 6.61 Å². The van der Waals surface area contributed by atoms with Crippen LogP contribution in [0, 0.1) is 17.2 Å². The normalized spacial score (nSPS) is 12.4. The highest BCUT2D eigenvalue weighted by Gasteiger charge is 2.09. The minimum Gasteiger partial charge on any atom is -0.494 e. The summed E-state index contributed by atoms with van der Waals surface area (Å²) >= 11 is 0. The zero-order chi connectivity index (χ0) is 13.1. The molecule has 0 saturated carbocycles. The first kappa shape index (κ1) is 15.2. The first-order valence-electron chi connectivity index (χ1n) is 5.76. The van der Waals surface area contributed by atoms with Crippen LogP contribution in [0.5, 0.6) is 0 Å². The SMILES string of the molecule is C=CC(=C)OCC(CC#N)CC/C(C=C)=C\C. The molecule has 0 bridgehead atoms. The number of rotatable bonds is 9. The van der Waals surface area contributed by atoms with Gasteiger partial charge in [-0.1, -0.05) is 37.5 Å². The summed E-state index contributed by atoms with van der Waals surface area (Å²) in [4.78, 5) is 0. The molecule has 2 nitrogen and oxygen atoms in total. The molecular weight excluding hydrogens is 210 g/mol. The maximum Gasteiger partial charge on any atom is 0.111 e. The second-order valence-electron chi connectivity index (χ2n) is 3.82. The minimum absolute atomic E-state index is 0.228. The van der Waals surface area contributed by atoms with Crippen molar-refractivity contribution in [1.29, 1.82) is 5.26 Å². The molecule has 1 unspecified atom stereocenters. The number of hydrogen-bond donors (Lipinski definition) is 0. The van der Waals surface area contributed by atoms with Crippen LogP contribution in [0.3, 0.4) is 0 Å².